The van der Waals surface area contributed by atoms with E-state index in [0.717, 1.165) is 5.92 Å². The van der Waals surface area contributed by atoms with Gasteiger partial charge in [0.2, 0.25) is 0 Å². The molecular formula is C17H24N2. The lowest BCUT2D eigenvalue weighted by atomic mass is 9.91. The number of nitrogens with zero attached hydrogens (tertiary/aromatic N) is 1. The second-order valence-corrected chi connectivity index (χ2v) is 5.93. The van der Waals surface area contributed by atoms with Crippen LogP contribution < -0.4 is 5.32 Å². The van der Waals surface area contributed by atoms with Gasteiger partial charge in [-0.1, -0.05) is 18.2 Å². The van der Waals surface area contributed by atoms with Crippen molar-refractivity contribution in [2.75, 3.05) is 13.1 Å². The molecule has 1 saturated heterocycles. The molecule has 0 bridgehead atoms. The van der Waals surface area contributed by atoms with Crippen molar-refractivity contribution in [1.82, 2.24) is 9.88 Å². The molecule has 0 spiro atoms. The molecule has 0 aliphatic carbocycles. The van der Waals surface area contributed by atoms with Crippen molar-refractivity contribution in [3.8, 4) is 0 Å². The summed E-state index contributed by atoms with van der Waals surface area (Å²) in [6, 6.07) is 9.43. The number of aromatic nitrogens is 1. The average molecular weight is 256 g/mol. The van der Waals surface area contributed by atoms with E-state index < -0.39 is 0 Å². The molecule has 0 saturated carbocycles. The molecule has 19 heavy (non-hydrogen) atoms. The van der Waals surface area contributed by atoms with Crippen molar-refractivity contribution >= 4 is 10.9 Å². The van der Waals surface area contributed by atoms with E-state index in [-0.39, 0.29) is 0 Å². The highest BCUT2D eigenvalue weighted by atomic mass is 15.0. The van der Waals surface area contributed by atoms with Crippen LogP contribution in [0, 0.1) is 19.8 Å². The van der Waals surface area contributed by atoms with Crippen LogP contribution in [0.25, 0.3) is 10.9 Å². The third kappa shape index (κ3) is 2.08. The van der Waals surface area contributed by atoms with Gasteiger partial charge in [0.05, 0.1) is 0 Å². The third-order valence-electron chi connectivity index (χ3n) is 4.94. The van der Waals surface area contributed by atoms with Crippen molar-refractivity contribution in [3.05, 3.63) is 35.5 Å². The number of benzene rings is 1. The SMILES string of the molecule is Cc1c(C)n([C@H](C)C2CCNCC2)c2ccccc12. The number of fused-ring (bicyclic) bond motifs is 1. The molecule has 2 aromatic rings. The number of hydrogen-bond donors (Lipinski definition) is 1. The van der Waals surface area contributed by atoms with E-state index in [1.807, 2.05) is 0 Å². The summed E-state index contributed by atoms with van der Waals surface area (Å²) in [7, 11) is 0. The van der Waals surface area contributed by atoms with Crippen molar-refractivity contribution in [3.63, 3.8) is 0 Å². The quantitative estimate of drug-likeness (QED) is 0.864. The van der Waals surface area contributed by atoms with Crippen molar-refractivity contribution in [1.29, 1.82) is 0 Å². The van der Waals surface area contributed by atoms with Crippen LogP contribution in [0.2, 0.25) is 0 Å². The number of hydrogen-bond acceptors (Lipinski definition) is 1. The zero-order valence-electron chi connectivity index (χ0n) is 12.2. The van der Waals surface area contributed by atoms with E-state index in [4.69, 9.17) is 0 Å². The van der Waals surface area contributed by atoms with Gasteiger partial charge in [-0.05, 0) is 64.3 Å². The minimum absolute atomic E-state index is 0.598. The summed E-state index contributed by atoms with van der Waals surface area (Å²) >= 11 is 0. The first-order valence-corrected chi connectivity index (χ1v) is 7.47. The first kappa shape index (κ1) is 12.7. The van der Waals surface area contributed by atoms with Gasteiger partial charge in [-0.2, -0.15) is 0 Å². The standard InChI is InChI=1S/C17H24N2/c1-12-13(2)19(17-7-5-4-6-16(12)17)14(3)15-8-10-18-11-9-15/h4-7,14-15,18H,8-11H2,1-3H3/t14-/m1/s1. The Balaban J connectivity index is 2.06. The van der Waals surface area contributed by atoms with Gasteiger partial charge in [0.15, 0.2) is 0 Å². The molecule has 1 N–H and O–H groups in total. The molecular weight excluding hydrogens is 232 g/mol. The largest absolute Gasteiger partial charge is 0.342 e. The van der Waals surface area contributed by atoms with Crippen LogP contribution >= 0.6 is 0 Å². The first-order valence-electron chi connectivity index (χ1n) is 7.47. The first-order chi connectivity index (χ1) is 9.20. The summed E-state index contributed by atoms with van der Waals surface area (Å²) in [5.74, 6) is 0.801. The van der Waals surface area contributed by atoms with Gasteiger partial charge in [0.1, 0.15) is 0 Å². The molecule has 1 aliphatic rings. The fourth-order valence-electron chi connectivity index (χ4n) is 3.62. The summed E-state index contributed by atoms with van der Waals surface area (Å²) in [5, 5.41) is 4.89. The molecule has 1 atom stereocenters. The van der Waals surface area contributed by atoms with Gasteiger partial charge < -0.3 is 9.88 Å². The monoisotopic (exact) mass is 256 g/mol. The van der Waals surface area contributed by atoms with E-state index in [1.54, 1.807) is 0 Å². The maximum Gasteiger partial charge on any atom is 0.0487 e. The van der Waals surface area contributed by atoms with Crippen molar-refractivity contribution < 1.29 is 0 Å². The summed E-state index contributed by atoms with van der Waals surface area (Å²) in [4.78, 5) is 0. The summed E-state index contributed by atoms with van der Waals surface area (Å²) in [5.41, 5.74) is 4.28. The Hall–Kier alpha value is -1.28. The van der Waals surface area contributed by atoms with Gasteiger partial charge in [-0.15, -0.1) is 0 Å². The van der Waals surface area contributed by atoms with E-state index in [1.165, 1.54) is 48.1 Å². The highest BCUT2D eigenvalue weighted by Crippen LogP contribution is 2.34. The Morgan fingerprint density at radius 2 is 1.84 bits per heavy atom. The minimum Gasteiger partial charge on any atom is -0.342 e. The second-order valence-electron chi connectivity index (χ2n) is 5.93. The Labute approximate surface area is 115 Å². The van der Waals surface area contributed by atoms with Crippen LogP contribution in [0.1, 0.15) is 37.1 Å². The highest BCUT2D eigenvalue weighted by Gasteiger charge is 2.24. The second kappa shape index (κ2) is 5.01. The highest BCUT2D eigenvalue weighted by molar-refractivity contribution is 5.85. The fraction of sp³-hybridized carbons (Fsp3) is 0.529. The Morgan fingerprint density at radius 1 is 1.16 bits per heavy atom. The average Bonchev–Trinajstić information content (AvgIpc) is 2.72. The Kier molecular flexibility index (Phi) is 3.36. The molecule has 1 aromatic carbocycles. The van der Waals surface area contributed by atoms with E-state index in [2.05, 4.69) is 54.9 Å². The van der Waals surface area contributed by atoms with Gasteiger partial charge in [0.25, 0.3) is 0 Å². The zero-order valence-corrected chi connectivity index (χ0v) is 12.2. The molecule has 1 fully saturated rings. The third-order valence-corrected chi connectivity index (χ3v) is 4.94. The topological polar surface area (TPSA) is 17.0 Å². The number of para-hydroxylation sites is 1. The molecule has 1 aromatic heterocycles. The van der Waals surface area contributed by atoms with E-state index in [0.29, 0.717) is 6.04 Å². The van der Waals surface area contributed by atoms with Gasteiger partial charge >= 0.3 is 0 Å². The summed E-state index contributed by atoms with van der Waals surface area (Å²) in [6.45, 7) is 9.27. The van der Waals surface area contributed by atoms with Gasteiger partial charge in [-0.25, -0.2) is 0 Å². The molecule has 0 unspecified atom stereocenters. The molecule has 2 heteroatoms. The predicted octanol–water partition coefficient (Wildman–Crippen LogP) is 3.82. The minimum atomic E-state index is 0.598. The van der Waals surface area contributed by atoms with Crippen LogP contribution in [-0.4, -0.2) is 17.7 Å². The normalized spacial score (nSPS) is 18.9. The molecule has 0 amide bonds. The van der Waals surface area contributed by atoms with Crippen LogP contribution in [0.15, 0.2) is 24.3 Å². The smallest absolute Gasteiger partial charge is 0.0487 e. The summed E-state index contributed by atoms with van der Waals surface area (Å²) in [6.07, 6.45) is 2.60. The van der Waals surface area contributed by atoms with E-state index in [9.17, 15) is 0 Å². The molecule has 3 rings (SSSR count). The van der Waals surface area contributed by atoms with E-state index >= 15 is 0 Å². The molecule has 2 nitrogen and oxygen atoms in total. The van der Waals surface area contributed by atoms with Crippen LogP contribution in [0.5, 0.6) is 0 Å². The number of nitrogens with one attached hydrogen (secondary N) is 1. The van der Waals surface area contributed by atoms with Gasteiger partial charge in [-0.3, -0.25) is 0 Å². The Morgan fingerprint density at radius 3 is 2.58 bits per heavy atom. The fourth-order valence-corrected chi connectivity index (χ4v) is 3.62. The molecule has 0 radical (unpaired) electrons. The maximum atomic E-state index is 3.47. The maximum absolute atomic E-state index is 3.47. The molecule has 1 aliphatic heterocycles. The number of rotatable bonds is 2. The van der Waals surface area contributed by atoms with Crippen LogP contribution in [0.4, 0.5) is 0 Å². The number of aryl methyl sites for hydroxylation is 1. The lowest BCUT2D eigenvalue weighted by Gasteiger charge is -2.30. The zero-order chi connectivity index (χ0) is 13.4. The molecule has 2 heterocycles. The Bertz CT molecular complexity index is 576. The van der Waals surface area contributed by atoms with Crippen molar-refractivity contribution in [2.45, 2.75) is 39.7 Å². The summed E-state index contributed by atoms with van der Waals surface area (Å²) < 4.78 is 2.57. The lowest BCUT2D eigenvalue weighted by molar-refractivity contribution is 0.277. The number of piperidine rings is 1. The van der Waals surface area contributed by atoms with Crippen LogP contribution in [0.3, 0.4) is 0 Å². The predicted molar refractivity (Wildman–Crippen MR) is 81.7 cm³/mol. The lowest BCUT2D eigenvalue weighted by Crippen LogP contribution is -2.32. The van der Waals surface area contributed by atoms with Crippen LogP contribution in [-0.2, 0) is 0 Å². The van der Waals surface area contributed by atoms with Crippen molar-refractivity contribution in [2.24, 2.45) is 5.92 Å². The van der Waals surface area contributed by atoms with Gasteiger partial charge in [0, 0.05) is 22.6 Å². The molecule has 102 valence electrons.